The minimum atomic E-state index is -0.552. The molecular weight excluding hydrogens is 216 g/mol. The van der Waals surface area contributed by atoms with Gasteiger partial charge in [-0.15, -0.1) is 0 Å². The molecule has 0 aliphatic heterocycles. The van der Waals surface area contributed by atoms with E-state index in [0.717, 1.165) is 18.4 Å². The highest BCUT2D eigenvalue weighted by molar-refractivity contribution is 5.18. The van der Waals surface area contributed by atoms with Crippen molar-refractivity contribution in [1.82, 2.24) is 0 Å². The number of ether oxygens (including phenoxy) is 2. The van der Waals surface area contributed by atoms with Crippen molar-refractivity contribution in [3.8, 4) is 0 Å². The Labute approximate surface area is 103 Å². The molecule has 0 aliphatic rings. The van der Waals surface area contributed by atoms with E-state index in [4.69, 9.17) is 9.47 Å². The largest absolute Gasteiger partial charge is 0.386 e. The van der Waals surface area contributed by atoms with E-state index in [1.165, 1.54) is 0 Å². The van der Waals surface area contributed by atoms with Crippen LogP contribution in [0.3, 0.4) is 0 Å². The molecule has 0 aromatic heterocycles. The number of methoxy groups -OCH3 is 1. The van der Waals surface area contributed by atoms with Gasteiger partial charge in [0, 0.05) is 20.3 Å². The summed E-state index contributed by atoms with van der Waals surface area (Å²) in [4.78, 5) is 0. The average Bonchev–Trinajstić information content (AvgIpc) is 2.39. The molecule has 0 saturated carbocycles. The van der Waals surface area contributed by atoms with Crippen molar-refractivity contribution in [2.45, 2.75) is 32.0 Å². The van der Waals surface area contributed by atoms with E-state index in [9.17, 15) is 5.11 Å². The second kappa shape index (κ2) is 8.23. The summed E-state index contributed by atoms with van der Waals surface area (Å²) in [6.07, 6.45) is 0.954. The van der Waals surface area contributed by atoms with Gasteiger partial charge in [-0.05, 0) is 18.4 Å². The topological polar surface area (TPSA) is 38.7 Å². The first-order valence-electron chi connectivity index (χ1n) is 6.13. The van der Waals surface area contributed by atoms with Crippen molar-refractivity contribution in [2.75, 3.05) is 20.3 Å². The Hall–Kier alpha value is -0.900. The van der Waals surface area contributed by atoms with Gasteiger partial charge in [0.1, 0.15) is 6.10 Å². The minimum absolute atomic E-state index is 0.144. The summed E-state index contributed by atoms with van der Waals surface area (Å²) in [5.74, 6) is 0. The van der Waals surface area contributed by atoms with Gasteiger partial charge in [0.2, 0.25) is 0 Å². The monoisotopic (exact) mass is 238 g/mol. The van der Waals surface area contributed by atoms with Gasteiger partial charge in [0.15, 0.2) is 0 Å². The molecule has 2 unspecified atom stereocenters. The number of aliphatic hydroxyl groups excluding tert-OH is 1. The van der Waals surface area contributed by atoms with Gasteiger partial charge >= 0.3 is 0 Å². The highest BCUT2D eigenvalue weighted by atomic mass is 16.5. The fourth-order valence-electron chi connectivity index (χ4n) is 1.74. The maximum absolute atomic E-state index is 10.2. The molecule has 1 aromatic rings. The Morgan fingerprint density at radius 3 is 2.47 bits per heavy atom. The predicted molar refractivity (Wildman–Crippen MR) is 67.9 cm³/mol. The van der Waals surface area contributed by atoms with Crippen LogP contribution in [0.1, 0.15) is 31.4 Å². The molecule has 0 heterocycles. The summed E-state index contributed by atoms with van der Waals surface area (Å²) in [6, 6.07) is 9.64. The first-order valence-corrected chi connectivity index (χ1v) is 6.13. The van der Waals surface area contributed by atoms with Crippen LogP contribution in [0.4, 0.5) is 0 Å². The third-order valence-corrected chi connectivity index (χ3v) is 2.72. The number of hydrogen-bond donors (Lipinski definition) is 1. The first-order chi connectivity index (χ1) is 8.29. The van der Waals surface area contributed by atoms with Gasteiger partial charge in [-0.3, -0.25) is 0 Å². The van der Waals surface area contributed by atoms with Gasteiger partial charge in [-0.2, -0.15) is 0 Å². The lowest BCUT2D eigenvalue weighted by atomic mass is 10.0. The van der Waals surface area contributed by atoms with Gasteiger partial charge in [0.05, 0.1) is 6.10 Å². The smallest absolute Gasteiger partial charge is 0.105 e. The van der Waals surface area contributed by atoms with E-state index in [2.05, 4.69) is 0 Å². The van der Waals surface area contributed by atoms with Gasteiger partial charge in [-0.1, -0.05) is 37.3 Å². The van der Waals surface area contributed by atoms with Crippen LogP contribution < -0.4 is 0 Å². The fourth-order valence-corrected chi connectivity index (χ4v) is 1.74. The Morgan fingerprint density at radius 2 is 1.88 bits per heavy atom. The van der Waals surface area contributed by atoms with E-state index in [1.807, 2.05) is 37.3 Å². The zero-order valence-corrected chi connectivity index (χ0v) is 10.6. The lowest BCUT2D eigenvalue weighted by Gasteiger charge is -2.22. The van der Waals surface area contributed by atoms with E-state index in [1.54, 1.807) is 7.11 Å². The molecule has 0 bridgehead atoms. The molecule has 0 aliphatic carbocycles. The van der Waals surface area contributed by atoms with Crippen LogP contribution >= 0.6 is 0 Å². The van der Waals surface area contributed by atoms with E-state index < -0.39 is 6.10 Å². The second-order valence-electron chi connectivity index (χ2n) is 4.02. The second-order valence-corrected chi connectivity index (χ2v) is 4.02. The molecule has 2 atom stereocenters. The number of aliphatic hydroxyl groups is 1. The molecule has 96 valence electrons. The average molecular weight is 238 g/mol. The van der Waals surface area contributed by atoms with Crippen molar-refractivity contribution in [1.29, 1.82) is 0 Å². The van der Waals surface area contributed by atoms with Gasteiger partial charge in [-0.25, -0.2) is 0 Å². The third kappa shape index (κ3) is 4.86. The Balaban J connectivity index is 2.44. The molecule has 0 saturated heterocycles. The van der Waals surface area contributed by atoms with Crippen LogP contribution in [0, 0.1) is 0 Å². The molecule has 1 aromatic carbocycles. The summed E-state index contributed by atoms with van der Waals surface area (Å²) in [7, 11) is 1.68. The molecular formula is C14H22O3. The Kier molecular flexibility index (Phi) is 6.86. The standard InChI is InChI=1S/C14H22O3/c1-3-13(17-11-7-10-16-2)14(15)12-8-5-4-6-9-12/h4-6,8-9,13-15H,3,7,10-11H2,1-2H3. The van der Waals surface area contributed by atoms with Crippen LogP contribution in [-0.4, -0.2) is 31.5 Å². The zero-order chi connectivity index (χ0) is 12.5. The van der Waals surface area contributed by atoms with Crippen LogP contribution in [-0.2, 0) is 9.47 Å². The quantitative estimate of drug-likeness (QED) is 0.707. The Morgan fingerprint density at radius 1 is 1.18 bits per heavy atom. The minimum Gasteiger partial charge on any atom is -0.386 e. The lowest BCUT2D eigenvalue weighted by molar-refractivity contribution is -0.0449. The van der Waals surface area contributed by atoms with Crippen LogP contribution in [0.25, 0.3) is 0 Å². The van der Waals surface area contributed by atoms with Crippen LogP contribution in [0.15, 0.2) is 30.3 Å². The molecule has 0 spiro atoms. The maximum atomic E-state index is 10.2. The normalized spacial score (nSPS) is 14.5. The summed E-state index contributed by atoms with van der Waals surface area (Å²) in [5, 5.41) is 10.2. The SMILES string of the molecule is CCC(OCCCOC)C(O)c1ccccc1. The van der Waals surface area contributed by atoms with E-state index >= 15 is 0 Å². The Bertz CT molecular complexity index is 287. The van der Waals surface area contributed by atoms with Crippen molar-refractivity contribution < 1.29 is 14.6 Å². The first kappa shape index (κ1) is 14.2. The van der Waals surface area contributed by atoms with E-state index in [-0.39, 0.29) is 6.10 Å². The molecule has 1 rings (SSSR count). The maximum Gasteiger partial charge on any atom is 0.105 e. The van der Waals surface area contributed by atoms with Gasteiger partial charge in [0.25, 0.3) is 0 Å². The molecule has 3 nitrogen and oxygen atoms in total. The highest BCUT2D eigenvalue weighted by Crippen LogP contribution is 2.21. The number of rotatable bonds is 8. The van der Waals surface area contributed by atoms with Crippen LogP contribution in [0.5, 0.6) is 0 Å². The van der Waals surface area contributed by atoms with Gasteiger partial charge < -0.3 is 14.6 Å². The van der Waals surface area contributed by atoms with Crippen molar-refractivity contribution >= 4 is 0 Å². The predicted octanol–water partition coefficient (Wildman–Crippen LogP) is 2.55. The molecule has 17 heavy (non-hydrogen) atoms. The summed E-state index contributed by atoms with van der Waals surface area (Å²) in [5.41, 5.74) is 0.908. The lowest BCUT2D eigenvalue weighted by Crippen LogP contribution is -2.22. The summed E-state index contributed by atoms with van der Waals surface area (Å²) >= 11 is 0. The van der Waals surface area contributed by atoms with Crippen LogP contribution in [0.2, 0.25) is 0 Å². The molecule has 3 heteroatoms. The number of benzene rings is 1. The van der Waals surface area contributed by atoms with Crippen molar-refractivity contribution in [3.63, 3.8) is 0 Å². The molecule has 1 N–H and O–H groups in total. The fraction of sp³-hybridized carbons (Fsp3) is 0.571. The van der Waals surface area contributed by atoms with Crippen molar-refractivity contribution in [2.24, 2.45) is 0 Å². The highest BCUT2D eigenvalue weighted by Gasteiger charge is 2.19. The van der Waals surface area contributed by atoms with Crippen molar-refractivity contribution in [3.05, 3.63) is 35.9 Å². The summed E-state index contributed by atoms with van der Waals surface area (Å²) < 4.78 is 10.6. The zero-order valence-electron chi connectivity index (χ0n) is 10.6. The number of hydrogen-bond acceptors (Lipinski definition) is 3. The molecule has 0 amide bonds. The van der Waals surface area contributed by atoms with E-state index in [0.29, 0.717) is 13.2 Å². The summed E-state index contributed by atoms with van der Waals surface area (Å²) in [6.45, 7) is 3.33. The molecule has 0 fully saturated rings. The molecule has 0 radical (unpaired) electrons. The third-order valence-electron chi connectivity index (χ3n) is 2.72.